The molecule has 9 nitrogen and oxygen atoms in total. The minimum Gasteiger partial charge on any atom is -0.345 e. The van der Waals surface area contributed by atoms with E-state index in [4.69, 9.17) is 0 Å². The van der Waals surface area contributed by atoms with Gasteiger partial charge < -0.3 is 14.5 Å². The van der Waals surface area contributed by atoms with Crippen molar-refractivity contribution in [1.82, 2.24) is 28.7 Å². The molecule has 1 N–H and O–H groups in total. The van der Waals surface area contributed by atoms with Gasteiger partial charge in [0.2, 0.25) is 10.0 Å². The number of aromatic nitrogens is 4. The van der Waals surface area contributed by atoms with Crippen molar-refractivity contribution < 1.29 is 13.2 Å². The summed E-state index contributed by atoms with van der Waals surface area (Å²) < 4.78 is 29.9. The number of fused-ring (bicyclic) bond motifs is 1. The molecule has 0 aromatic carbocycles. The standard InChI is InChI=1S/C23H24N6O3S/c1-16-13-20(17(2)29(16)18-5-3-7-24-14-18)23(30)27-9-11-28(12-10-27)33(31,32)21-15-26-22-19(21)6-4-8-25-22/h3-8,13-15H,9-12H2,1-2H3,(H,25,26). The summed E-state index contributed by atoms with van der Waals surface area (Å²) in [5.41, 5.74) is 3.84. The van der Waals surface area contributed by atoms with Crippen molar-refractivity contribution in [2.24, 2.45) is 0 Å². The zero-order valence-corrected chi connectivity index (χ0v) is 19.2. The van der Waals surface area contributed by atoms with E-state index in [0.29, 0.717) is 29.7 Å². The normalized spacial score (nSPS) is 15.3. The number of rotatable bonds is 4. The molecule has 0 radical (unpaired) electrons. The van der Waals surface area contributed by atoms with Gasteiger partial charge in [-0.3, -0.25) is 9.78 Å². The fraction of sp³-hybridized carbons (Fsp3) is 0.261. The maximum atomic E-state index is 13.3. The molecule has 5 rings (SSSR count). The monoisotopic (exact) mass is 464 g/mol. The maximum absolute atomic E-state index is 13.3. The van der Waals surface area contributed by atoms with Crippen LogP contribution in [0.15, 0.2) is 60.0 Å². The number of H-pyrrole nitrogens is 1. The highest BCUT2D eigenvalue weighted by molar-refractivity contribution is 7.89. The Kier molecular flexibility index (Phi) is 5.26. The zero-order chi connectivity index (χ0) is 23.2. The first kappa shape index (κ1) is 21.4. The lowest BCUT2D eigenvalue weighted by molar-refractivity contribution is 0.0697. The van der Waals surface area contributed by atoms with Crippen LogP contribution in [0.2, 0.25) is 0 Å². The van der Waals surface area contributed by atoms with Crippen LogP contribution in [0.5, 0.6) is 0 Å². The van der Waals surface area contributed by atoms with Crippen LogP contribution in [-0.2, 0) is 10.0 Å². The van der Waals surface area contributed by atoms with Gasteiger partial charge in [-0.05, 0) is 44.2 Å². The van der Waals surface area contributed by atoms with Gasteiger partial charge in [-0.15, -0.1) is 0 Å². The summed E-state index contributed by atoms with van der Waals surface area (Å²) >= 11 is 0. The molecule has 1 amide bonds. The Hall–Kier alpha value is -3.50. The van der Waals surface area contributed by atoms with Gasteiger partial charge in [0.1, 0.15) is 10.5 Å². The Labute approximate surface area is 191 Å². The lowest BCUT2D eigenvalue weighted by Crippen LogP contribution is -2.50. The van der Waals surface area contributed by atoms with Crippen LogP contribution in [0.3, 0.4) is 0 Å². The fourth-order valence-electron chi connectivity index (χ4n) is 4.45. The van der Waals surface area contributed by atoms with E-state index in [9.17, 15) is 13.2 Å². The third-order valence-corrected chi connectivity index (χ3v) is 8.06. The maximum Gasteiger partial charge on any atom is 0.255 e. The van der Waals surface area contributed by atoms with Crippen LogP contribution >= 0.6 is 0 Å². The van der Waals surface area contributed by atoms with Crippen LogP contribution < -0.4 is 0 Å². The van der Waals surface area contributed by atoms with Crippen molar-refractivity contribution in [2.45, 2.75) is 18.7 Å². The molecule has 1 saturated heterocycles. The molecule has 0 spiro atoms. The van der Waals surface area contributed by atoms with Crippen molar-refractivity contribution in [2.75, 3.05) is 26.2 Å². The van der Waals surface area contributed by atoms with E-state index in [2.05, 4.69) is 15.0 Å². The van der Waals surface area contributed by atoms with Crippen molar-refractivity contribution >= 4 is 27.0 Å². The summed E-state index contributed by atoms with van der Waals surface area (Å²) in [6.45, 7) is 5.01. The predicted molar refractivity (Wildman–Crippen MR) is 124 cm³/mol. The molecular weight excluding hydrogens is 440 g/mol. The summed E-state index contributed by atoms with van der Waals surface area (Å²) in [7, 11) is -3.69. The summed E-state index contributed by atoms with van der Waals surface area (Å²) in [6.07, 6.45) is 6.57. The van der Waals surface area contributed by atoms with Crippen LogP contribution in [0.25, 0.3) is 16.7 Å². The quantitative estimate of drug-likeness (QED) is 0.500. The molecule has 0 atom stereocenters. The zero-order valence-electron chi connectivity index (χ0n) is 18.4. The smallest absolute Gasteiger partial charge is 0.255 e. The largest absolute Gasteiger partial charge is 0.345 e. The molecule has 1 aliphatic heterocycles. The van der Waals surface area contributed by atoms with Gasteiger partial charge >= 0.3 is 0 Å². The van der Waals surface area contributed by atoms with E-state index in [1.807, 2.05) is 36.6 Å². The first-order valence-electron chi connectivity index (χ1n) is 10.7. The lowest BCUT2D eigenvalue weighted by atomic mass is 10.2. The van der Waals surface area contributed by atoms with Gasteiger partial charge in [0.05, 0.1) is 17.4 Å². The van der Waals surface area contributed by atoms with E-state index in [1.165, 1.54) is 10.5 Å². The van der Waals surface area contributed by atoms with Crippen LogP contribution in [0.1, 0.15) is 21.7 Å². The van der Waals surface area contributed by atoms with Gasteiger partial charge in [0, 0.05) is 61.5 Å². The third-order valence-electron chi connectivity index (χ3n) is 6.12. The van der Waals surface area contributed by atoms with E-state index in [0.717, 1.165) is 17.1 Å². The van der Waals surface area contributed by atoms with E-state index in [1.54, 1.807) is 35.6 Å². The highest BCUT2D eigenvalue weighted by Gasteiger charge is 2.33. The van der Waals surface area contributed by atoms with Gasteiger partial charge in [-0.2, -0.15) is 4.31 Å². The number of carbonyl (C=O) groups excluding carboxylic acids is 1. The number of hydrogen-bond acceptors (Lipinski definition) is 5. The number of sulfonamides is 1. The average molecular weight is 465 g/mol. The van der Waals surface area contributed by atoms with E-state index >= 15 is 0 Å². The second-order valence-electron chi connectivity index (χ2n) is 8.08. The SMILES string of the molecule is Cc1cc(C(=O)N2CCN(S(=O)(=O)c3c[nH]c4ncccc34)CC2)c(C)n1-c1cccnc1. The predicted octanol–water partition coefficient (Wildman–Crippen LogP) is 2.51. The molecule has 4 aromatic heterocycles. The Morgan fingerprint density at radius 1 is 1.06 bits per heavy atom. The minimum atomic E-state index is -3.69. The fourth-order valence-corrected chi connectivity index (χ4v) is 6.02. The Bertz CT molecular complexity index is 1430. The molecule has 1 aliphatic rings. The topological polar surface area (TPSA) is 104 Å². The molecule has 0 aliphatic carbocycles. The first-order chi connectivity index (χ1) is 15.9. The van der Waals surface area contributed by atoms with E-state index in [-0.39, 0.29) is 23.9 Å². The van der Waals surface area contributed by atoms with E-state index < -0.39 is 10.0 Å². The second kappa shape index (κ2) is 8.13. The second-order valence-corrected chi connectivity index (χ2v) is 9.99. The Morgan fingerprint density at radius 2 is 1.82 bits per heavy atom. The molecule has 33 heavy (non-hydrogen) atoms. The van der Waals surface area contributed by atoms with Crippen molar-refractivity contribution in [3.05, 3.63) is 72.1 Å². The lowest BCUT2D eigenvalue weighted by Gasteiger charge is -2.34. The van der Waals surface area contributed by atoms with Crippen LogP contribution in [-0.4, -0.2) is 69.2 Å². The number of aryl methyl sites for hydroxylation is 1. The highest BCUT2D eigenvalue weighted by atomic mass is 32.2. The number of hydrogen-bond donors (Lipinski definition) is 1. The van der Waals surface area contributed by atoms with Gasteiger partial charge in [-0.1, -0.05) is 0 Å². The number of aromatic amines is 1. The Morgan fingerprint density at radius 3 is 2.55 bits per heavy atom. The van der Waals surface area contributed by atoms with Crippen molar-refractivity contribution in [3.8, 4) is 5.69 Å². The number of amides is 1. The van der Waals surface area contributed by atoms with Gasteiger partial charge in [0.15, 0.2) is 0 Å². The number of carbonyl (C=O) groups is 1. The number of pyridine rings is 2. The minimum absolute atomic E-state index is 0.0911. The summed E-state index contributed by atoms with van der Waals surface area (Å²) in [6, 6.07) is 9.15. The first-order valence-corrected chi connectivity index (χ1v) is 12.1. The molecule has 0 unspecified atom stereocenters. The molecule has 10 heteroatoms. The summed E-state index contributed by atoms with van der Waals surface area (Å²) in [5, 5.41) is 0.568. The summed E-state index contributed by atoms with van der Waals surface area (Å²) in [4.78, 5) is 26.5. The average Bonchev–Trinajstić information content (AvgIpc) is 3.40. The summed E-state index contributed by atoms with van der Waals surface area (Å²) in [5.74, 6) is -0.0911. The number of nitrogens with zero attached hydrogens (tertiary/aromatic N) is 5. The molecule has 5 heterocycles. The van der Waals surface area contributed by atoms with Crippen molar-refractivity contribution in [3.63, 3.8) is 0 Å². The number of nitrogens with one attached hydrogen (secondary N) is 1. The third kappa shape index (κ3) is 3.61. The van der Waals surface area contributed by atoms with Crippen LogP contribution in [0.4, 0.5) is 0 Å². The molecule has 0 saturated carbocycles. The molecule has 1 fully saturated rings. The molecule has 0 bridgehead atoms. The van der Waals surface area contributed by atoms with Gasteiger partial charge in [-0.25, -0.2) is 13.4 Å². The molecule has 170 valence electrons. The Balaban J connectivity index is 1.34. The van der Waals surface area contributed by atoms with Crippen LogP contribution in [0, 0.1) is 13.8 Å². The molecule has 4 aromatic rings. The van der Waals surface area contributed by atoms with Crippen molar-refractivity contribution in [1.29, 1.82) is 0 Å². The number of piperazine rings is 1. The highest BCUT2D eigenvalue weighted by Crippen LogP contribution is 2.26. The van der Waals surface area contributed by atoms with Gasteiger partial charge in [0.25, 0.3) is 5.91 Å². The molecular formula is C23H24N6O3S.